The van der Waals surface area contributed by atoms with E-state index in [1.807, 2.05) is 0 Å². The van der Waals surface area contributed by atoms with Crippen LogP contribution in [0, 0.1) is 0 Å². The van der Waals surface area contributed by atoms with Gasteiger partial charge in [0.05, 0.1) is 6.61 Å². The third-order valence-electron chi connectivity index (χ3n) is 3.03. The van der Waals surface area contributed by atoms with Crippen LogP contribution in [0.1, 0.15) is 39.2 Å². The monoisotopic (exact) mass is 265 g/mol. The van der Waals surface area contributed by atoms with Gasteiger partial charge >= 0.3 is 6.09 Å². The molecular formula is C13H19N3O3. The maximum atomic E-state index is 11.5. The van der Waals surface area contributed by atoms with Crippen molar-refractivity contribution in [1.29, 1.82) is 0 Å². The van der Waals surface area contributed by atoms with Crippen molar-refractivity contribution in [3.8, 4) is 0 Å². The number of aromatic nitrogens is 2. The Balaban J connectivity index is 1.98. The van der Waals surface area contributed by atoms with E-state index in [2.05, 4.69) is 15.3 Å². The fourth-order valence-electron chi connectivity index (χ4n) is 1.75. The molecule has 0 aromatic carbocycles. The number of carbonyl (C=O) groups is 1. The summed E-state index contributed by atoms with van der Waals surface area (Å²) in [6.07, 6.45) is 4.60. The molecule has 1 aliphatic carbocycles. The van der Waals surface area contributed by atoms with Crippen LogP contribution in [0.4, 0.5) is 10.7 Å². The highest BCUT2D eigenvalue weighted by molar-refractivity contribution is 5.82. The highest BCUT2D eigenvalue weighted by Crippen LogP contribution is 2.47. The van der Waals surface area contributed by atoms with Crippen LogP contribution in [-0.2, 0) is 10.2 Å². The molecule has 0 bridgehead atoms. The molecule has 0 unspecified atom stereocenters. The topological polar surface area (TPSA) is 84.3 Å². The maximum Gasteiger partial charge on any atom is 0.414 e. The molecule has 0 aliphatic heterocycles. The third-order valence-corrected chi connectivity index (χ3v) is 3.03. The number of hydrogen-bond acceptors (Lipinski definition) is 5. The van der Waals surface area contributed by atoms with Crippen LogP contribution in [-0.4, -0.2) is 33.4 Å². The molecule has 6 heteroatoms. The van der Waals surface area contributed by atoms with E-state index in [0.29, 0.717) is 0 Å². The lowest BCUT2D eigenvalue weighted by molar-refractivity contribution is 0.0634. The fourth-order valence-corrected chi connectivity index (χ4v) is 1.75. The van der Waals surface area contributed by atoms with Gasteiger partial charge in [0.2, 0.25) is 5.95 Å². The van der Waals surface area contributed by atoms with E-state index >= 15 is 0 Å². The number of nitrogens with one attached hydrogen (secondary N) is 1. The number of anilines is 1. The van der Waals surface area contributed by atoms with Gasteiger partial charge in [-0.15, -0.1) is 0 Å². The summed E-state index contributed by atoms with van der Waals surface area (Å²) in [5, 5.41) is 11.8. The van der Waals surface area contributed by atoms with Crippen molar-refractivity contribution in [3.05, 3.63) is 18.0 Å². The highest BCUT2D eigenvalue weighted by Gasteiger charge is 2.44. The molecule has 104 valence electrons. The van der Waals surface area contributed by atoms with Crippen molar-refractivity contribution >= 4 is 12.0 Å². The maximum absolute atomic E-state index is 11.5. The summed E-state index contributed by atoms with van der Waals surface area (Å²) < 4.78 is 5.10. The molecule has 0 atom stereocenters. The fraction of sp³-hybridized carbons (Fsp3) is 0.615. The van der Waals surface area contributed by atoms with Crippen molar-refractivity contribution in [2.45, 2.75) is 44.6 Å². The second-order valence-corrected chi connectivity index (χ2v) is 5.86. The van der Waals surface area contributed by atoms with Gasteiger partial charge < -0.3 is 9.84 Å². The number of rotatable bonds is 3. The molecule has 6 nitrogen and oxygen atoms in total. The van der Waals surface area contributed by atoms with Crippen LogP contribution in [0.15, 0.2) is 12.4 Å². The van der Waals surface area contributed by atoms with Crippen LogP contribution in [0.25, 0.3) is 0 Å². The molecule has 1 saturated carbocycles. The van der Waals surface area contributed by atoms with Gasteiger partial charge in [0.25, 0.3) is 0 Å². The first-order valence-electron chi connectivity index (χ1n) is 6.28. The molecule has 2 rings (SSSR count). The first-order chi connectivity index (χ1) is 8.85. The zero-order valence-electron chi connectivity index (χ0n) is 11.4. The predicted octanol–water partition coefficient (Wildman–Crippen LogP) is 1.85. The van der Waals surface area contributed by atoms with E-state index in [1.54, 1.807) is 33.2 Å². The lowest BCUT2D eigenvalue weighted by Gasteiger charge is -2.19. The Morgan fingerprint density at radius 1 is 1.42 bits per heavy atom. The number of carbonyl (C=O) groups excluding carboxylic acids is 1. The SMILES string of the molecule is CC(C)(C)OC(=O)Nc1ncc(C2(CO)CC2)cn1. The molecule has 1 amide bonds. The smallest absolute Gasteiger partial charge is 0.414 e. The standard InChI is InChI=1S/C13H19N3O3/c1-12(2,3)19-11(18)16-10-14-6-9(7-15-10)13(8-17)4-5-13/h6-7,17H,4-5,8H2,1-3H3,(H,14,15,16,18). The van der Waals surface area contributed by atoms with Gasteiger partial charge in [-0.3, -0.25) is 5.32 Å². The molecule has 1 heterocycles. The molecule has 2 N–H and O–H groups in total. The minimum Gasteiger partial charge on any atom is -0.444 e. The van der Waals surface area contributed by atoms with E-state index in [-0.39, 0.29) is 18.0 Å². The van der Waals surface area contributed by atoms with Crippen LogP contribution in [0.2, 0.25) is 0 Å². The Morgan fingerprint density at radius 2 is 2.00 bits per heavy atom. The van der Waals surface area contributed by atoms with Crippen LogP contribution < -0.4 is 5.32 Å². The summed E-state index contributed by atoms with van der Waals surface area (Å²) in [7, 11) is 0. The zero-order valence-corrected chi connectivity index (χ0v) is 11.4. The van der Waals surface area contributed by atoms with Gasteiger partial charge in [-0.05, 0) is 39.2 Å². The Bertz CT molecular complexity index is 461. The normalized spacial score (nSPS) is 16.8. The molecule has 1 aliphatic rings. The summed E-state index contributed by atoms with van der Waals surface area (Å²) in [4.78, 5) is 19.7. The minimum absolute atomic E-state index is 0.106. The third kappa shape index (κ3) is 3.41. The highest BCUT2D eigenvalue weighted by atomic mass is 16.6. The van der Waals surface area contributed by atoms with Crippen LogP contribution >= 0.6 is 0 Å². The molecule has 0 saturated heterocycles. The van der Waals surface area contributed by atoms with Crippen molar-refractivity contribution in [2.75, 3.05) is 11.9 Å². The first-order valence-corrected chi connectivity index (χ1v) is 6.28. The molecule has 0 radical (unpaired) electrons. The number of ether oxygens (including phenoxy) is 1. The van der Waals surface area contributed by atoms with Crippen molar-refractivity contribution in [1.82, 2.24) is 9.97 Å². The van der Waals surface area contributed by atoms with Gasteiger partial charge in [-0.1, -0.05) is 0 Å². The summed E-state index contributed by atoms with van der Waals surface area (Å²) in [5.74, 6) is 0.201. The van der Waals surface area contributed by atoms with Crippen molar-refractivity contribution in [3.63, 3.8) is 0 Å². The number of aliphatic hydroxyl groups is 1. The first kappa shape index (κ1) is 13.7. The van der Waals surface area contributed by atoms with Crippen molar-refractivity contribution in [2.24, 2.45) is 0 Å². The zero-order chi connectivity index (χ0) is 14.1. The van der Waals surface area contributed by atoms with E-state index in [9.17, 15) is 9.90 Å². The van der Waals surface area contributed by atoms with Gasteiger partial charge in [-0.25, -0.2) is 14.8 Å². The Kier molecular flexibility index (Phi) is 3.45. The quantitative estimate of drug-likeness (QED) is 0.871. The Morgan fingerprint density at radius 3 is 2.42 bits per heavy atom. The van der Waals surface area contributed by atoms with E-state index in [4.69, 9.17) is 4.74 Å². The molecule has 0 spiro atoms. The Hall–Kier alpha value is -1.69. The average Bonchev–Trinajstić information content (AvgIpc) is 3.08. The van der Waals surface area contributed by atoms with E-state index in [0.717, 1.165) is 18.4 Å². The van der Waals surface area contributed by atoms with Gasteiger partial charge in [0.15, 0.2) is 0 Å². The van der Waals surface area contributed by atoms with Crippen LogP contribution in [0.3, 0.4) is 0 Å². The molecule has 1 aromatic heterocycles. The van der Waals surface area contributed by atoms with Crippen molar-refractivity contribution < 1.29 is 14.6 Å². The number of hydrogen-bond donors (Lipinski definition) is 2. The van der Waals surface area contributed by atoms with Gasteiger partial charge in [-0.2, -0.15) is 0 Å². The molecule has 1 fully saturated rings. The largest absolute Gasteiger partial charge is 0.444 e. The molecule has 19 heavy (non-hydrogen) atoms. The predicted molar refractivity (Wildman–Crippen MR) is 69.9 cm³/mol. The summed E-state index contributed by atoms with van der Waals surface area (Å²) in [5.41, 5.74) is 0.188. The van der Waals surface area contributed by atoms with E-state index in [1.165, 1.54) is 0 Å². The van der Waals surface area contributed by atoms with E-state index < -0.39 is 11.7 Å². The summed E-state index contributed by atoms with van der Waals surface area (Å²) in [6.45, 7) is 5.47. The molecular weight excluding hydrogens is 246 g/mol. The minimum atomic E-state index is -0.580. The number of nitrogens with zero attached hydrogens (tertiary/aromatic N) is 2. The average molecular weight is 265 g/mol. The summed E-state index contributed by atoms with van der Waals surface area (Å²) >= 11 is 0. The van der Waals surface area contributed by atoms with Gasteiger partial charge in [0, 0.05) is 17.8 Å². The lowest BCUT2D eigenvalue weighted by atomic mass is 10.0. The summed E-state index contributed by atoms with van der Waals surface area (Å²) in [6, 6.07) is 0. The van der Waals surface area contributed by atoms with Gasteiger partial charge in [0.1, 0.15) is 5.60 Å². The second-order valence-electron chi connectivity index (χ2n) is 5.86. The molecule has 1 aromatic rings. The number of aliphatic hydroxyl groups excluding tert-OH is 1. The Labute approximate surface area is 112 Å². The lowest BCUT2D eigenvalue weighted by Crippen LogP contribution is -2.27. The second kappa shape index (κ2) is 4.77. The number of amides is 1. The van der Waals surface area contributed by atoms with Crippen LogP contribution in [0.5, 0.6) is 0 Å².